The van der Waals surface area contributed by atoms with Gasteiger partial charge in [0.2, 0.25) is 0 Å². The molecule has 0 unspecified atom stereocenters. The summed E-state index contributed by atoms with van der Waals surface area (Å²) >= 11 is 3.36. The van der Waals surface area contributed by atoms with Gasteiger partial charge in [0.05, 0.1) is 22.4 Å². The molecule has 0 aliphatic carbocycles. The zero-order valence-electron chi connectivity index (χ0n) is 16.3. The minimum absolute atomic E-state index is 0.0430. The Kier molecular flexibility index (Phi) is 6.59. The highest BCUT2D eigenvalue weighted by molar-refractivity contribution is 9.10. The molecule has 3 rings (SSSR count). The van der Waals surface area contributed by atoms with Crippen LogP contribution in [0.2, 0.25) is 0 Å². The van der Waals surface area contributed by atoms with Gasteiger partial charge >= 0.3 is 12.4 Å². The van der Waals surface area contributed by atoms with Crippen LogP contribution in [0.25, 0.3) is 11.3 Å². The number of nitrogens with zero attached hydrogens (tertiary/aromatic N) is 3. The molecule has 0 bridgehead atoms. The van der Waals surface area contributed by atoms with Gasteiger partial charge < -0.3 is 4.90 Å². The lowest BCUT2D eigenvalue weighted by molar-refractivity contribution is -0.143. The second-order valence-electron chi connectivity index (χ2n) is 6.84. The minimum Gasteiger partial charge on any atom is -0.337 e. The van der Waals surface area contributed by atoms with Crippen molar-refractivity contribution < 1.29 is 31.1 Å². The average molecular weight is 518 g/mol. The van der Waals surface area contributed by atoms with Crippen LogP contribution in [0, 0.1) is 0 Å². The highest BCUT2D eigenvalue weighted by Crippen LogP contribution is 2.36. The molecule has 2 aromatic carbocycles. The molecule has 0 atom stereocenters. The fourth-order valence-electron chi connectivity index (χ4n) is 3.02. The van der Waals surface area contributed by atoms with Crippen molar-refractivity contribution in [2.24, 2.45) is 0 Å². The minimum atomic E-state index is -4.97. The van der Waals surface area contributed by atoms with Crippen LogP contribution in [0.3, 0.4) is 0 Å². The van der Waals surface area contributed by atoms with Crippen molar-refractivity contribution in [3.05, 3.63) is 81.7 Å². The van der Waals surface area contributed by atoms with E-state index >= 15 is 0 Å². The van der Waals surface area contributed by atoms with Crippen LogP contribution in [-0.4, -0.2) is 27.8 Å². The second kappa shape index (κ2) is 8.89. The van der Waals surface area contributed by atoms with Gasteiger partial charge in [0.15, 0.2) is 0 Å². The maximum absolute atomic E-state index is 13.1. The number of halogens is 7. The van der Waals surface area contributed by atoms with E-state index in [-0.39, 0.29) is 22.9 Å². The molecule has 4 nitrogen and oxygen atoms in total. The maximum Gasteiger partial charge on any atom is 0.416 e. The van der Waals surface area contributed by atoms with Crippen molar-refractivity contribution in [3.63, 3.8) is 0 Å². The molecule has 0 fully saturated rings. The van der Waals surface area contributed by atoms with Gasteiger partial charge in [-0.1, -0.05) is 34.1 Å². The first-order valence-electron chi connectivity index (χ1n) is 8.96. The van der Waals surface area contributed by atoms with Gasteiger partial charge in [-0.2, -0.15) is 26.3 Å². The lowest BCUT2D eigenvalue weighted by atomic mass is 10.0. The van der Waals surface area contributed by atoms with E-state index in [1.54, 1.807) is 24.3 Å². The topological polar surface area (TPSA) is 46.1 Å². The summed E-state index contributed by atoms with van der Waals surface area (Å²) in [5, 5.41) is 0. The van der Waals surface area contributed by atoms with Gasteiger partial charge in [0.1, 0.15) is 6.33 Å². The van der Waals surface area contributed by atoms with Crippen molar-refractivity contribution in [3.8, 4) is 11.3 Å². The number of rotatable bonds is 4. The van der Waals surface area contributed by atoms with E-state index < -0.39 is 35.9 Å². The molecule has 1 heterocycles. The summed E-state index contributed by atoms with van der Waals surface area (Å²) in [7, 11) is 1.27. The number of amides is 1. The molecule has 0 saturated carbocycles. The molecule has 1 aromatic heterocycles. The molecule has 0 aliphatic rings. The van der Waals surface area contributed by atoms with E-state index in [0.29, 0.717) is 22.2 Å². The number of hydrogen-bond donors (Lipinski definition) is 0. The molecule has 0 saturated heterocycles. The zero-order chi connectivity index (χ0) is 23.7. The Morgan fingerprint density at radius 1 is 1.00 bits per heavy atom. The Labute approximate surface area is 187 Å². The smallest absolute Gasteiger partial charge is 0.337 e. The van der Waals surface area contributed by atoms with E-state index in [2.05, 4.69) is 25.9 Å². The molecule has 32 heavy (non-hydrogen) atoms. The first-order valence-corrected chi connectivity index (χ1v) is 9.76. The van der Waals surface area contributed by atoms with Crippen LogP contribution >= 0.6 is 15.9 Å². The third-order valence-corrected chi connectivity index (χ3v) is 5.18. The van der Waals surface area contributed by atoms with E-state index in [1.165, 1.54) is 19.6 Å². The third kappa shape index (κ3) is 5.26. The zero-order valence-corrected chi connectivity index (χ0v) is 17.9. The van der Waals surface area contributed by atoms with Crippen molar-refractivity contribution >= 4 is 21.8 Å². The number of alkyl halides is 6. The van der Waals surface area contributed by atoms with Crippen LogP contribution < -0.4 is 0 Å². The van der Waals surface area contributed by atoms with Crippen LogP contribution in [0.4, 0.5) is 26.3 Å². The van der Waals surface area contributed by atoms with Crippen LogP contribution in [0.5, 0.6) is 0 Å². The number of benzene rings is 2. The fraction of sp³-hybridized carbons (Fsp3) is 0.190. The summed E-state index contributed by atoms with van der Waals surface area (Å²) < 4.78 is 79.3. The van der Waals surface area contributed by atoms with Gasteiger partial charge in [-0.15, -0.1) is 0 Å². The van der Waals surface area contributed by atoms with Crippen LogP contribution in [-0.2, 0) is 18.9 Å². The number of hydrogen-bond acceptors (Lipinski definition) is 3. The van der Waals surface area contributed by atoms with Crippen molar-refractivity contribution in [1.29, 1.82) is 0 Å². The van der Waals surface area contributed by atoms with Crippen molar-refractivity contribution in [1.82, 2.24) is 14.9 Å². The molecular weight excluding hydrogens is 504 g/mol. The highest BCUT2D eigenvalue weighted by atomic mass is 79.9. The first kappa shape index (κ1) is 23.7. The number of aromatic nitrogens is 2. The Balaban J connectivity index is 1.96. The summed E-state index contributed by atoms with van der Waals surface area (Å²) in [6.45, 7) is -0.490. The second-order valence-corrected chi connectivity index (χ2v) is 7.69. The first-order chi connectivity index (χ1) is 14.9. The standard InChI is InChI=1S/C21H14BrF6N3O/c1-31(10-12-6-13(20(23,24)25)8-14(7-12)21(26,27)28)19(32)16-9-29-11-30-18(16)15-4-2-3-5-17(15)22/h2-9,11H,10H2,1H3. The average Bonchev–Trinajstić information content (AvgIpc) is 2.72. The highest BCUT2D eigenvalue weighted by Gasteiger charge is 2.37. The van der Waals surface area contributed by atoms with Gasteiger partial charge in [0.25, 0.3) is 5.91 Å². The summed E-state index contributed by atoms with van der Waals surface area (Å²) in [6, 6.07) is 8.14. The Morgan fingerprint density at radius 2 is 1.59 bits per heavy atom. The van der Waals surface area contributed by atoms with Gasteiger partial charge in [-0.25, -0.2) is 9.97 Å². The van der Waals surface area contributed by atoms with Gasteiger partial charge in [-0.3, -0.25) is 4.79 Å². The molecule has 0 aliphatic heterocycles. The largest absolute Gasteiger partial charge is 0.416 e. The molecule has 168 valence electrons. The normalized spacial score (nSPS) is 12.0. The molecule has 1 amide bonds. The third-order valence-electron chi connectivity index (χ3n) is 4.49. The summed E-state index contributed by atoms with van der Waals surface area (Å²) in [4.78, 5) is 22.0. The molecule has 0 radical (unpaired) electrons. The van der Waals surface area contributed by atoms with E-state index in [1.807, 2.05) is 0 Å². The maximum atomic E-state index is 13.1. The summed E-state index contributed by atoms with van der Waals surface area (Å²) in [6.07, 6.45) is -7.47. The van der Waals surface area contributed by atoms with E-state index in [4.69, 9.17) is 0 Å². The van der Waals surface area contributed by atoms with Crippen LogP contribution in [0.15, 0.2) is 59.5 Å². The predicted molar refractivity (Wildman–Crippen MR) is 107 cm³/mol. The molecular formula is C21H14BrF6N3O. The van der Waals surface area contributed by atoms with Gasteiger partial charge in [-0.05, 0) is 29.8 Å². The Morgan fingerprint density at radius 3 is 2.16 bits per heavy atom. The molecule has 0 spiro atoms. The summed E-state index contributed by atoms with van der Waals surface area (Å²) in [5.41, 5.74) is -2.32. The lowest BCUT2D eigenvalue weighted by Gasteiger charge is -2.20. The van der Waals surface area contributed by atoms with Gasteiger partial charge in [0, 0.05) is 29.8 Å². The van der Waals surface area contributed by atoms with E-state index in [9.17, 15) is 31.1 Å². The van der Waals surface area contributed by atoms with Crippen molar-refractivity contribution in [2.75, 3.05) is 7.05 Å². The van der Waals surface area contributed by atoms with E-state index in [0.717, 1.165) is 4.90 Å². The predicted octanol–water partition coefficient (Wildman–Crippen LogP) is 6.22. The Bertz CT molecular complexity index is 1110. The van der Waals surface area contributed by atoms with Crippen molar-refractivity contribution in [2.45, 2.75) is 18.9 Å². The monoisotopic (exact) mass is 517 g/mol. The number of carbonyl (C=O) groups excluding carboxylic acids is 1. The fourth-order valence-corrected chi connectivity index (χ4v) is 3.49. The van der Waals surface area contributed by atoms with Crippen LogP contribution in [0.1, 0.15) is 27.0 Å². The number of carbonyl (C=O) groups is 1. The molecule has 3 aromatic rings. The molecule has 11 heteroatoms. The SMILES string of the molecule is CN(Cc1cc(C(F)(F)F)cc(C(F)(F)F)c1)C(=O)c1cncnc1-c1ccccc1Br. The molecule has 0 N–H and O–H groups in total. The Hall–Kier alpha value is -2.95. The lowest BCUT2D eigenvalue weighted by Crippen LogP contribution is -2.27. The summed E-state index contributed by atoms with van der Waals surface area (Å²) in [5.74, 6) is -0.665. The quantitative estimate of drug-likeness (QED) is 0.386.